The van der Waals surface area contributed by atoms with Gasteiger partial charge in [0.15, 0.2) is 0 Å². The van der Waals surface area contributed by atoms with Crippen LogP contribution in [0.5, 0.6) is 0 Å². The van der Waals surface area contributed by atoms with Crippen molar-refractivity contribution in [2.45, 2.75) is 39.3 Å². The molecule has 0 rings (SSSR count). The first-order valence-corrected chi connectivity index (χ1v) is 8.26. The topological polar surface area (TPSA) is 113 Å². The first-order chi connectivity index (χ1) is 9.65. The Morgan fingerprint density at radius 1 is 1.38 bits per heavy atom. The molecular weight excluding hydrogens is 300 g/mol. The van der Waals surface area contributed by atoms with Crippen LogP contribution in [0.4, 0.5) is 0 Å². The number of aliphatic carboxylic acids is 1. The van der Waals surface area contributed by atoms with Gasteiger partial charge < -0.3 is 15.2 Å². The molecule has 0 aromatic rings. The van der Waals surface area contributed by atoms with E-state index in [2.05, 4.69) is 5.32 Å². The van der Waals surface area contributed by atoms with E-state index in [1.54, 1.807) is 6.92 Å². The third kappa shape index (κ3) is 6.87. The van der Waals surface area contributed by atoms with E-state index in [1.165, 1.54) is 21.0 Å². The molecule has 0 aliphatic carbocycles. The molecule has 0 spiro atoms. The number of nitrogens with one attached hydrogen (secondary N) is 1. The lowest BCUT2D eigenvalue weighted by molar-refractivity contribution is -0.140. The molecule has 1 amide bonds. The molecule has 2 N–H and O–H groups in total. The van der Waals surface area contributed by atoms with E-state index >= 15 is 0 Å². The van der Waals surface area contributed by atoms with Crippen LogP contribution in [0.3, 0.4) is 0 Å². The molecule has 0 saturated heterocycles. The average molecular weight is 324 g/mol. The van der Waals surface area contributed by atoms with Gasteiger partial charge in [-0.2, -0.15) is 4.31 Å². The molecule has 2 atom stereocenters. The van der Waals surface area contributed by atoms with E-state index in [-0.39, 0.29) is 24.7 Å². The molecule has 0 aliphatic heterocycles. The molecule has 0 fully saturated rings. The third-order valence-electron chi connectivity index (χ3n) is 3.04. The van der Waals surface area contributed by atoms with Gasteiger partial charge >= 0.3 is 5.97 Å². The molecule has 8 nitrogen and oxygen atoms in total. The van der Waals surface area contributed by atoms with Crippen molar-refractivity contribution in [2.24, 2.45) is 0 Å². The summed E-state index contributed by atoms with van der Waals surface area (Å²) in [6.45, 7) is 4.33. The van der Waals surface area contributed by atoms with Crippen LogP contribution in [0.2, 0.25) is 0 Å². The van der Waals surface area contributed by atoms with Crippen LogP contribution in [-0.2, 0) is 24.3 Å². The minimum absolute atomic E-state index is 0.0515. The highest BCUT2D eigenvalue weighted by Crippen LogP contribution is 2.12. The Morgan fingerprint density at radius 3 is 2.33 bits per heavy atom. The Bertz CT molecular complexity index is 447. The van der Waals surface area contributed by atoms with Crippen molar-refractivity contribution in [1.82, 2.24) is 9.62 Å². The molecule has 0 heterocycles. The molecule has 0 aliphatic rings. The van der Waals surface area contributed by atoms with Gasteiger partial charge in [0.1, 0.15) is 6.04 Å². The predicted octanol–water partition coefficient (Wildman–Crippen LogP) is -0.348. The minimum Gasteiger partial charge on any atom is -0.480 e. The van der Waals surface area contributed by atoms with Crippen molar-refractivity contribution < 1.29 is 27.9 Å². The second-order valence-electron chi connectivity index (χ2n) is 4.65. The zero-order valence-corrected chi connectivity index (χ0v) is 13.6. The van der Waals surface area contributed by atoms with Crippen LogP contribution in [0.15, 0.2) is 0 Å². The molecule has 0 bridgehead atoms. The molecule has 0 saturated carbocycles. The van der Waals surface area contributed by atoms with Crippen LogP contribution in [0.25, 0.3) is 0 Å². The fourth-order valence-electron chi connectivity index (χ4n) is 1.72. The van der Waals surface area contributed by atoms with Crippen LogP contribution in [-0.4, -0.2) is 67.8 Å². The summed E-state index contributed by atoms with van der Waals surface area (Å²) in [7, 11) is -2.40. The second-order valence-corrected chi connectivity index (χ2v) is 6.62. The maximum Gasteiger partial charge on any atom is 0.321 e. The Labute approximate surface area is 125 Å². The summed E-state index contributed by atoms with van der Waals surface area (Å²) in [6.07, 6.45) is -0.00394. The average Bonchev–Trinajstić information content (AvgIpc) is 2.39. The number of nitrogens with zero attached hydrogens (tertiary/aromatic N) is 1. The van der Waals surface area contributed by atoms with Crippen molar-refractivity contribution in [3.05, 3.63) is 0 Å². The van der Waals surface area contributed by atoms with E-state index in [0.29, 0.717) is 6.42 Å². The van der Waals surface area contributed by atoms with Gasteiger partial charge in [0.05, 0.1) is 11.9 Å². The first kappa shape index (κ1) is 19.8. The Hall–Kier alpha value is -1.19. The number of hydrogen-bond acceptors (Lipinski definition) is 5. The summed E-state index contributed by atoms with van der Waals surface area (Å²) in [5.41, 5.74) is 0. The van der Waals surface area contributed by atoms with Gasteiger partial charge in [-0.3, -0.25) is 9.59 Å². The number of amides is 1. The number of sulfonamides is 1. The Kier molecular flexibility index (Phi) is 8.45. The van der Waals surface area contributed by atoms with Crippen LogP contribution < -0.4 is 5.32 Å². The highest BCUT2D eigenvalue weighted by molar-refractivity contribution is 7.89. The molecule has 9 heteroatoms. The van der Waals surface area contributed by atoms with Crippen LogP contribution in [0, 0.1) is 0 Å². The van der Waals surface area contributed by atoms with Gasteiger partial charge in [0, 0.05) is 27.1 Å². The smallest absolute Gasteiger partial charge is 0.321 e. The molecule has 21 heavy (non-hydrogen) atoms. The molecule has 0 aromatic carbocycles. The van der Waals surface area contributed by atoms with Gasteiger partial charge in [0.25, 0.3) is 0 Å². The Morgan fingerprint density at radius 2 is 1.95 bits per heavy atom. The fourth-order valence-corrected chi connectivity index (χ4v) is 3.70. The normalized spacial score (nSPS) is 14.7. The van der Waals surface area contributed by atoms with Gasteiger partial charge in [-0.05, 0) is 13.3 Å². The SMILES string of the molecule is CCC(CS(=O)(=O)N(CCNC(C)=O)C(C)C(=O)O)OC. The summed E-state index contributed by atoms with van der Waals surface area (Å²) in [4.78, 5) is 21.9. The van der Waals surface area contributed by atoms with Crippen molar-refractivity contribution in [1.29, 1.82) is 0 Å². The molecule has 124 valence electrons. The van der Waals surface area contributed by atoms with E-state index in [4.69, 9.17) is 9.84 Å². The summed E-state index contributed by atoms with van der Waals surface area (Å²) < 4.78 is 30.6. The summed E-state index contributed by atoms with van der Waals surface area (Å²) >= 11 is 0. The molecule has 2 unspecified atom stereocenters. The largest absolute Gasteiger partial charge is 0.480 e. The number of carbonyl (C=O) groups is 2. The molecule has 0 aromatic heterocycles. The zero-order chi connectivity index (χ0) is 16.6. The number of hydrogen-bond donors (Lipinski definition) is 2. The highest BCUT2D eigenvalue weighted by atomic mass is 32.2. The van der Waals surface area contributed by atoms with Gasteiger partial charge in [-0.15, -0.1) is 0 Å². The summed E-state index contributed by atoms with van der Waals surface area (Å²) in [5.74, 6) is -1.84. The van der Waals surface area contributed by atoms with Crippen LogP contribution in [0.1, 0.15) is 27.2 Å². The minimum atomic E-state index is -3.81. The number of carboxylic acids is 1. The first-order valence-electron chi connectivity index (χ1n) is 6.65. The number of carbonyl (C=O) groups excluding carboxylic acids is 1. The predicted molar refractivity (Wildman–Crippen MR) is 77.4 cm³/mol. The molecular formula is C12H24N2O6S. The number of ether oxygens (including phenoxy) is 1. The van der Waals surface area contributed by atoms with E-state index in [9.17, 15) is 18.0 Å². The quantitative estimate of drug-likeness (QED) is 0.568. The third-order valence-corrected chi connectivity index (χ3v) is 5.04. The van der Waals surface area contributed by atoms with Gasteiger partial charge in [-0.25, -0.2) is 8.42 Å². The number of carboxylic acid groups (broad SMARTS) is 1. The maximum atomic E-state index is 12.4. The molecule has 0 radical (unpaired) electrons. The Balaban J connectivity index is 5.08. The van der Waals surface area contributed by atoms with Gasteiger partial charge in [-0.1, -0.05) is 6.92 Å². The summed E-state index contributed by atoms with van der Waals surface area (Å²) in [5, 5.41) is 11.5. The lowest BCUT2D eigenvalue weighted by atomic mass is 10.3. The van der Waals surface area contributed by atoms with Crippen molar-refractivity contribution in [3.8, 4) is 0 Å². The lowest BCUT2D eigenvalue weighted by Crippen LogP contribution is -2.48. The monoisotopic (exact) mass is 324 g/mol. The van der Waals surface area contributed by atoms with Crippen LogP contribution >= 0.6 is 0 Å². The van der Waals surface area contributed by atoms with Crippen molar-refractivity contribution in [3.63, 3.8) is 0 Å². The lowest BCUT2D eigenvalue weighted by Gasteiger charge is -2.27. The van der Waals surface area contributed by atoms with E-state index in [0.717, 1.165) is 4.31 Å². The standard InChI is InChI=1S/C12H24N2O6S/c1-5-11(20-4)8-21(18,19)14(9(2)12(16)17)7-6-13-10(3)15/h9,11H,5-8H2,1-4H3,(H,13,15)(H,16,17). The van der Waals surface area contributed by atoms with Crippen molar-refractivity contribution >= 4 is 21.9 Å². The van der Waals surface area contributed by atoms with Gasteiger partial charge in [0.2, 0.25) is 15.9 Å². The number of methoxy groups -OCH3 is 1. The highest BCUT2D eigenvalue weighted by Gasteiger charge is 2.32. The summed E-state index contributed by atoms with van der Waals surface area (Å²) in [6, 6.07) is -1.21. The fraction of sp³-hybridized carbons (Fsp3) is 0.833. The van der Waals surface area contributed by atoms with E-state index in [1.807, 2.05) is 0 Å². The second kappa shape index (κ2) is 8.96. The maximum absolute atomic E-state index is 12.4. The van der Waals surface area contributed by atoms with Crippen molar-refractivity contribution in [2.75, 3.05) is 26.0 Å². The zero-order valence-electron chi connectivity index (χ0n) is 12.8. The van der Waals surface area contributed by atoms with E-state index < -0.39 is 28.1 Å². The number of rotatable bonds is 10.